The van der Waals surface area contributed by atoms with Gasteiger partial charge in [-0.05, 0) is 42.8 Å². The smallest absolute Gasteiger partial charge is 0.262 e. The Balaban J connectivity index is 2.31. The highest BCUT2D eigenvalue weighted by Gasteiger charge is 2.17. The van der Waals surface area contributed by atoms with Gasteiger partial charge in [0.05, 0.1) is 17.7 Å². The van der Waals surface area contributed by atoms with Crippen LogP contribution in [0.15, 0.2) is 41.3 Å². The van der Waals surface area contributed by atoms with E-state index < -0.39 is 10.0 Å². The maximum absolute atomic E-state index is 12.5. The minimum atomic E-state index is -3.81. The van der Waals surface area contributed by atoms with E-state index in [-0.39, 0.29) is 10.8 Å². The summed E-state index contributed by atoms with van der Waals surface area (Å²) in [6.07, 6.45) is 0. The van der Waals surface area contributed by atoms with Gasteiger partial charge in [0.25, 0.3) is 10.0 Å². The van der Waals surface area contributed by atoms with Crippen LogP contribution < -0.4 is 14.8 Å². The Labute approximate surface area is 145 Å². The summed E-state index contributed by atoms with van der Waals surface area (Å²) >= 11 is 6.02. The average molecular weight is 369 g/mol. The number of amides is 1. The molecule has 0 atom stereocenters. The summed E-state index contributed by atoms with van der Waals surface area (Å²) in [5.41, 5.74) is 1.53. The van der Waals surface area contributed by atoms with Gasteiger partial charge in [0, 0.05) is 23.7 Å². The van der Waals surface area contributed by atoms with Crippen LogP contribution in [-0.2, 0) is 14.8 Å². The minimum Gasteiger partial charge on any atom is -0.495 e. The molecule has 0 aromatic heterocycles. The monoisotopic (exact) mass is 368 g/mol. The summed E-state index contributed by atoms with van der Waals surface area (Å²) in [4.78, 5) is 11.1. The van der Waals surface area contributed by atoms with Crippen molar-refractivity contribution in [1.29, 1.82) is 0 Å². The van der Waals surface area contributed by atoms with Crippen LogP contribution in [0.2, 0.25) is 5.02 Å². The third kappa shape index (κ3) is 4.18. The van der Waals surface area contributed by atoms with E-state index in [2.05, 4.69) is 10.0 Å². The van der Waals surface area contributed by atoms with Gasteiger partial charge in [-0.15, -0.1) is 0 Å². The van der Waals surface area contributed by atoms with Crippen molar-refractivity contribution in [2.24, 2.45) is 0 Å². The van der Waals surface area contributed by atoms with Gasteiger partial charge in [0.15, 0.2) is 0 Å². The summed E-state index contributed by atoms with van der Waals surface area (Å²) in [6.45, 7) is 3.14. The van der Waals surface area contributed by atoms with Crippen LogP contribution in [-0.4, -0.2) is 21.4 Å². The van der Waals surface area contributed by atoms with Crippen LogP contribution in [0.4, 0.5) is 11.4 Å². The van der Waals surface area contributed by atoms with Crippen molar-refractivity contribution >= 4 is 38.9 Å². The number of rotatable bonds is 5. The topological polar surface area (TPSA) is 84.5 Å². The first-order valence-electron chi connectivity index (χ1n) is 6.97. The number of nitrogens with one attached hydrogen (secondary N) is 2. The molecule has 0 fully saturated rings. The van der Waals surface area contributed by atoms with E-state index >= 15 is 0 Å². The third-order valence-electron chi connectivity index (χ3n) is 3.21. The zero-order chi connectivity index (χ0) is 17.9. The highest BCUT2D eigenvalue weighted by molar-refractivity contribution is 7.92. The Morgan fingerprint density at radius 2 is 1.79 bits per heavy atom. The van der Waals surface area contributed by atoms with Crippen LogP contribution in [0, 0.1) is 6.92 Å². The molecular formula is C16H17ClN2O4S. The van der Waals surface area contributed by atoms with Crippen molar-refractivity contribution in [1.82, 2.24) is 0 Å². The van der Waals surface area contributed by atoms with E-state index in [4.69, 9.17) is 16.3 Å². The second-order valence-electron chi connectivity index (χ2n) is 5.11. The predicted molar refractivity (Wildman–Crippen MR) is 94.3 cm³/mol. The van der Waals surface area contributed by atoms with Gasteiger partial charge in [-0.25, -0.2) is 8.42 Å². The van der Waals surface area contributed by atoms with E-state index in [9.17, 15) is 13.2 Å². The Morgan fingerprint density at radius 3 is 2.33 bits per heavy atom. The van der Waals surface area contributed by atoms with Crippen molar-refractivity contribution < 1.29 is 17.9 Å². The van der Waals surface area contributed by atoms with Gasteiger partial charge in [-0.2, -0.15) is 0 Å². The normalized spacial score (nSPS) is 11.0. The first kappa shape index (κ1) is 18.1. The SMILES string of the molecule is COc1cc(Cl)c(C)cc1NS(=O)(=O)c1ccc(NC(C)=O)cc1. The molecule has 6 nitrogen and oxygen atoms in total. The lowest BCUT2D eigenvalue weighted by molar-refractivity contribution is -0.114. The molecule has 0 unspecified atom stereocenters. The fourth-order valence-corrected chi connectivity index (χ4v) is 3.25. The molecule has 0 bridgehead atoms. The maximum atomic E-state index is 12.5. The summed E-state index contributed by atoms with van der Waals surface area (Å²) in [5.74, 6) is 0.0918. The first-order valence-corrected chi connectivity index (χ1v) is 8.83. The molecule has 2 aromatic rings. The number of anilines is 2. The molecule has 0 saturated carbocycles. The number of benzene rings is 2. The number of methoxy groups -OCH3 is 1. The fraction of sp³-hybridized carbons (Fsp3) is 0.188. The van der Waals surface area contributed by atoms with Gasteiger partial charge in [0.2, 0.25) is 5.91 Å². The molecule has 0 aliphatic rings. The maximum Gasteiger partial charge on any atom is 0.262 e. The number of carbonyl (C=O) groups is 1. The van der Waals surface area contributed by atoms with Gasteiger partial charge < -0.3 is 10.1 Å². The van der Waals surface area contributed by atoms with E-state index in [0.29, 0.717) is 22.1 Å². The molecule has 0 aliphatic carbocycles. The van der Waals surface area contributed by atoms with Crippen molar-refractivity contribution in [3.05, 3.63) is 47.0 Å². The molecule has 0 heterocycles. The second kappa shape index (κ2) is 7.11. The summed E-state index contributed by atoms with van der Waals surface area (Å²) in [5, 5.41) is 3.06. The molecule has 0 saturated heterocycles. The summed E-state index contributed by atoms with van der Waals surface area (Å²) in [6, 6.07) is 8.99. The average Bonchev–Trinajstić information content (AvgIpc) is 2.50. The van der Waals surface area contributed by atoms with Gasteiger partial charge in [0.1, 0.15) is 5.75 Å². The van der Waals surface area contributed by atoms with Crippen LogP contribution in [0.3, 0.4) is 0 Å². The van der Waals surface area contributed by atoms with Crippen LogP contribution in [0.5, 0.6) is 5.75 Å². The van der Waals surface area contributed by atoms with Gasteiger partial charge >= 0.3 is 0 Å². The minimum absolute atomic E-state index is 0.0614. The number of ether oxygens (including phenoxy) is 1. The number of halogens is 1. The lowest BCUT2D eigenvalue weighted by Crippen LogP contribution is -2.14. The number of hydrogen-bond acceptors (Lipinski definition) is 4. The zero-order valence-electron chi connectivity index (χ0n) is 13.4. The quantitative estimate of drug-likeness (QED) is 0.846. The van der Waals surface area contributed by atoms with Crippen molar-refractivity contribution in [3.8, 4) is 5.75 Å². The highest BCUT2D eigenvalue weighted by atomic mass is 35.5. The van der Waals surface area contributed by atoms with E-state index in [1.807, 2.05) is 0 Å². The second-order valence-corrected chi connectivity index (χ2v) is 7.20. The van der Waals surface area contributed by atoms with Gasteiger partial charge in [-0.1, -0.05) is 11.6 Å². The standard InChI is InChI=1S/C16H17ClN2O4S/c1-10-8-15(16(23-3)9-14(10)17)19-24(21,22)13-6-4-12(5-7-13)18-11(2)20/h4-9,19H,1-3H3,(H,18,20). The molecule has 0 spiro atoms. The lowest BCUT2D eigenvalue weighted by atomic mass is 10.2. The molecule has 2 rings (SSSR count). The first-order chi connectivity index (χ1) is 11.2. The van der Waals surface area contributed by atoms with Crippen LogP contribution >= 0.6 is 11.6 Å². The Bertz CT molecular complexity index is 864. The van der Waals surface area contributed by atoms with Crippen molar-refractivity contribution in [2.45, 2.75) is 18.7 Å². The molecule has 0 aliphatic heterocycles. The molecule has 24 heavy (non-hydrogen) atoms. The Hall–Kier alpha value is -2.25. The van der Waals surface area contributed by atoms with E-state index in [1.165, 1.54) is 38.3 Å². The van der Waals surface area contributed by atoms with E-state index in [0.717, 1.165) is 5.56 Å². The largest absolute Gasteiger partial charge is 0.495 e. The summed E-state index contributed by atoms with van der Waals surface area (Å²) in [7, 11) is -2.37. The zero-order valence-corrected chi connectivity index (χ0v) is 15.0. The predicted octanol–water partition coefficient (Wildman–Crippen LogP) is 3.42. The highest BCUT2D eigenvalue weighted by Crippen LogP contribution is 2.32. The molecule has 2 aromatic carbocycles. The molecule has 128 valence electrons. The third-order valence-corrected chi connectivity index (χ3v) is 5.00. The number of sulfonamides is 1. The van der Waals surface area contributed by atoms with Gasteiger partial charge in [-0.3, -0.25) is 9.52 Å². The number of hydrogen-bond donors (Lipinski definition) is 2. The lowest BCUT2D eigenvalue weighted by Gasteiger charge is -2.14. The van der Waals surface area contributed by atoms with Crippen molar-refractivity contribution in [3.63, 3.8) is 0 Å². The Morgan fingerprint density at radius 1 is 1.17 bits per heavy atom. The summed E-state index contributed by atoms with van der Waals surface area (Å²) < 4.78 is 32.7. The number of aryl methyl sites for hydroxylation is 1. The Kier molecular flexibility index (Phi) is 5.36. The van der Waals surface area contributed by atoms with Crippen molar-refractivity contribution in [2.75, 3.05) is 17.1 Å². The van der Waals surface area contributed by atoms with Crippen LogP contribution in [0.1, 0.15) is 12.5 Å². The van der Waals surface area contributed by atoms with E-state index in [1.54, 1.807) is 19.1 Å². The van der Waals surface area contributed by atoms with Crippen LogP contribution in [0.25, 0.3) is 0 Å². The molecular weight excluding hydrogens is 352 g/mol. The number of carbonyl (C=O) groups excluding carboxylic acids is 1. The molecule has 2 N–H and O–H groups in total. The molecule has 8 heteroatoms. The molecule has 0 radical (unpaired) electrons. The fourth-order valence-electron chi connectivity index (χ4n) is 2.04. The molecule has 1 amide bonds.